The number of aryl methyl sites for hydroxylation is 1. The van der Waals surface area contributed by atoms with Crippen LogP contribution in [0.3, 0.4) is 0 Å². The lowest BCUT2D eigenvalue weighted by Crippen LogP contribution is -2.03. The fourth-order valence-electron chi connectivity index (χ4n) is 1.95. The number of hydrogen-bond donors (Lipinski definition) is 1. The van der Waals surface area contributed by atoms with Crippen LogP contribution in [0.5, 0.6) is 0 Å². The van der Waals surface area contributed by atoms with E-state index in [-0.39, 0.29) is 5.02 Å². The van der Waals surface area contributed by atoms with E-state index in [1.807, 2.05) is 31.2 Å². The first-order valence-electron chi connectivity index (χ1n) is 5.75. The molecule has 0 heterocycles. The summed E-state index contributed by atoms with van der Waals surface area (Å²) in [6, 6.07) is 12.3. The van der Waals surface area contributed by atoms with Crippen LogP contribution in [-0.2, 0) is 6.42 Å². The summed E-state index contributed by atoms with van der Waals surface area (Å²) in [4.78, 5) is 0. The van der Waals surface area contributed by atoms with Crippen molar-refractivity contribution >= 4 is 11.6 Å². The molecule has 0 aliphatic rings. The van der Waals surface area contributed by atoms with Gasteiger partial charge >= 0.3 is 0 Å². The third kappa shape index (κ3) is 2.89. The Morgan fingerprint density at radius 2 is 1.94 bits per heavy atom. The van der Waals surface area contributed by atoms with Crippen molar-refractivity contribution in [2.45, 2.75) is 19.4 Å². The van der Waals surface area contributed by atoms with E-state index >= 15 is 0 Å². The molecule has 2 aromatic rings. The summed E-state index contributed by atoms with van der Waals surface area (Å²) in [7, 11) is 0. The summed E-state index contributed by atoms with van der Waals surface area (Å²) in [6.07, 6.45) is -0.375. The monoisotopic (exact) mass is 264 g/mol. The van der Waals surface area contributed by atoms with Gasteiger partial charge in [-0.05, 0) is 18.6 Å². The molecular weight excluding hydrogens is 251 g/mol. The van der Waals surface area contributed by atoms with E-state index < -0.39 is 11.9 Å². The molecule has 0 fully saturated rings. The van der Waals surface area contributed by atoms with Crippen LogP contribution >= 0.6 is 11.6 Å². The lowest BCUT2D eigenvalue weighted by molar-refractivity contribution is 0.178. The summed E-state index contributed by atoms with van der Waals surface area (Å²) in [5, 5.41) is 10.1. The van der Waals surface area contributed by atoms with Crippen LogP contribution < -0.4 is 0 Å². The summed E-state index contributed by atoms with van der Waals surface area (Å²) in [5.74, 6) is -0.502. The summed E-state index contributed by atoms with van der Waals surface area (Å²) >= 11 is 5.85. The minimum Gasteiger partial charge on any atom is -0.388 e. The lowest BCUT2D eigenvalue weighted by atomic mass is 10.00. The van der Waals surface area contributed by atoms with Crippen LogP contribution in [0.15, 0.2) is 42.5 Å². The zero-order chi connectivity index (χ0) is 13.1. The Hall–Kier alpha value is -1.38. The van der Waals surface area contributed by atoms with E-state index in [4.69, 9.17) is 11.6 Å². The fourth-order valence-corrected chi connectivity index (χ4v) is 2.20. The Kier molecular flexibility index (Phi) is 4.00. The average Bonchev–Trinajstić information content (AvgIpc) is 2.32. The maximum atomic E-state index is 13.3. The number of aliphatic hydroxyl groups is 1. The summed E-state index contributed by atoms with van der Waals surface area (Å²) in [5.41, 5.74) is 2.56. The summed E-state index contributed by atoms with van der Waals surface area (Å²) < 4.78 is 13.3. The fraction of sp³-hybridized carbons (Fsp3) is 0.200. The molecule has 0 saturated heterocycles. The normalized spacial score (nSPS) is 12.4. The van der Waals surface area contributed by atoms with Gasteiger partial charge in [0.1, 0.15) is 5.82 Å². The van der Waals surface area contributed by atoms with Crippen molar-refractivity contribution in [1.82, 2.24) is 0 Å². The van der Waals surface area contributed by atoms with E-state index in [0.29, 0.717) is 12.0 Å². The maximum Gasteiger partial charge on any atom is 0.142 e. The van der Waals surface area contributed by atoms with E-state index in [1.54, 1.807) is 12.1 Å². The molecule has 1 nitrogen and oxygen atoms in total. The van der Waals surface area contributed by atoms with Crippen molar-refractivity contribution in [3.05, 3.63) is 70.0 Å². The first-order valence-corrected chi connectivity index (χ1v) is 6.13. The van der Waals surface area contributed by atoms with E-state index in [1.165, 1.54) is 6.07 Å². The van der Waals surface area contributed by atoms with Crippen molar-refractivity contribution in [1.29, 1.82) is 0 Å². The molecule has 0 aliphatic carbocycles. The molecule has 1 atom stereocenters. The molecule has 0 bridgehead atoms. The van der Waals surface area contributed by atoms with Gasteiger partial charge in [0.15, 0.2) is 0 Å². The minimum atomic E-state index is -0.796. The molecule has 0 radical (unpaired) electrons. The number of halogens is 2. The third-order valence-corrected chi connectivity index (χ3v) is 3.25. The highest BCUT2D eigenvalue weighted by molar-refractivity contribution is 6.31. The van der Waals surface area contributed by atoms with Crippen LogP contribution in [0.25, 0.3) is 0 Å². The molecular formula is C15H14ClFO. The molecule has 2 aromatic carbocycles. The van der Waals surface area contributed by atoms with E-state index in [9.17, 15) is 9.50 Å². The topological polar surface area (TPSA) is 20.2 Å². The van der Waals surface area contributed by atoms with E-state index in [2.05, 4.69) is 0 Å². The predicted octanol–water partition coefficient (Wildman–Crippen LogP) is 4.06. The Labute approximate surface area is 111 Å². The third-order valence-electron chi connectivity index (χ3n) is 2.85. The highest BCUT2D eigenvalue weighted by Crippen LogP contribution is 2.27. The van der Waals surface area contributed by atoms with Gasteiger partial charge in [-0.2, -0.15) is 0 Å². The Balaban J connectivity index is 2.22. The van der Waals surface area contributed by atoms with Crippen LogP contribution in [0.1, 0.15) is 22.8 Å². The second-order valence-corrected chi connectivity index (χ2v) is 4.73. The van der Waals surface area contributed by atoms with Gasteiger partial charge in [-0.25, -0.2) is 4.39 Å². The first kappa shape index (κ1) is 13.1. The van der Waals surface area contributed by atoms with Gasteiger partial charge in [0.05, 0.1) is 11.1 Å². The van der Waals surface area contributed by atoms with Crippen molar-refractivity contribution in [3.63, 3.8) is 0 Å². The molecule has 0 amide bonds. The van der Waals surface area contributed by atoms with Gasteiger partial charge in [0, 0.05) is 12.0 Å². The number of hydrogen-bond acceptors (Lipinski definition) is 1. The molecule has 2 rings (SSSR count). The second kappa shape index (κ2) is 5.51. The van der Waals surface area contributed by atoms with Crippen LogP contribution in [-0.4, -0.2) is 5.11 Å². The van der Waals surface area contributed by atoms with Gasteiger partial charge in [-0.3, -0.25) is 0 Å². The number of aliphatic hydroxyl groups excluding tert-OH is 1. The highest BCUT2D eigenvalue weighted by Gasteiger charge is 2.14. The quantitative estimate of drug-likeness (QED) is 0.886. The van der Waals surface area contributed by atoms with E-state index in [0.717, 1.165) is 11.1 Å². The molecule has 3 heteroatoms. The van der Waals surface area contributed by atoms with Crippen molar-refractivity contribution in [2.24, 2.45) is 0 Å². The van der Waals surface area contributed by atoms with Crippen molar-refractivity contribution in [2.75, 3.05) is 0 Å². The van der Waals surface area contributed by atoms with Crippen LogP contribution in [0.2, 0.25) is 5.02 Å². The number of benzene rings is 2. The maximum absolute atomic E-state index is 13.3. The highest BCUT2D eigenvalue weighted by atomic mass is 35.5. The molecule has 18 heavy (non-hydrogen) atoms. The SMILES string of the molecule is Cc1cccc(CC(O)c2cccc(F)c2Cl)c1. The van der Waals surface area contributed by atoms with Gasteiger partial charge in [-0.1, -0.05) is 53.6 Å². The predicted molar refractivity (Wildman–Crippen MR) is 71.3 cm³/mol. The van der Waals surface area contributed by atoms with Gasteiger partial charge in [0.25, 0.3) is 0 Å². The van der Waals surface area contributed by atoms with Crippen molar-refractivity contribution < 1.29 is 9.50 Å². The molecule has 1 unspecified atom stereocenters. The Morgan fingerprint density at radius 3 is 2.67 bits per heavy atom. The standard InChI is InChI=1S/C15H14ClFO/c1-10-4-2-5-11(8-10)9-14(18)12-6-3-7-13(17)15(12)16/h2-8,14,18H,9H2,1H3. The Bertz CT molecular complexity index is 554. The molecule has 0 aromatic heterocycles. The molecule has 94 valence electrons. The van der Waals surface area contributed by atoms with Crippen molar-refractivity contribution in [3.8, 4) is 0 Å². The van der Waals surface area contributed by atoms with Crippen LogP contribution in [0.4, 0.5) is 4.39 Å². The lowest BCUT2D eigenvalue weighted by Gasteiger charge is -2.13. The summed E-state index contributed by atoms with van der Waals surface area (Å²) in [6.45, 7) is 1.99. The zero-order valence-corrected chi connectivity index (χ0v) is 10.8. The largest absolute Gasteiger partial charge is 0.388 e. The van der Waals surface area contributed by atoms with Crippen LogP contribution in [0, 0.1) is 12.7 Å². The molecule has 0 aliphatic heterocycles. The van der Waals surface area contributed by atoms with Gasteiger partial charge < -0.3 is 5.11 Å². The van der Waals surface area contributed by atoms with Gasteiger partial charge in [0.2, 0.25) is 0 Å². The molecule has 0 spiro atoms. The minimum absolute atomic E-state index is 0.00217. The molecule has 0 saturated carbocycles. The Morgan fingerprint density at radius 1 is 1.22 bits per heavy atom. The first-order chi connectivity index (χ1) is 8.58. The zero-order valence-electron chi connectivity index (χ0n) is 10.0. The van der Waals surface area contributed by atoms with Gasteiger partial charge in [-0.15, -0.1) is 0 Å². The average molecular weight is 265 g/mol. The smallest absolute Gasteiger partial charge is 0.142 e. The number of rotatable bonds is 3. The molecule has 1 N–H and O–H groups in total. The second-order valence-electron chi connectivity index (χ2n) is 4.35.